The van der Waals surface area contributed by atoms with Crippen molar-refractivity contribution < 1.29 is 9.59 Å². The molecule has 122 valence electrons. The molecule has 1 aliphatic rings. The summed E-state index contributed by atoms with van der Waals surface area (Å²) in [6.45, 7) is 1.56. The van der Waals surface area contributed by atoms with E-state index >= 15 is 0 Å². The lowest BCUT2D eigenvalue weighted by Crippen LogP contribution is -2.10. The number of carbonyl (C=O) groups excluding carboxylic acids is 2. The van der Waals surface area contributed by atoms with Gasteiger partial charge in [0.15, 0.2) is 5.78 Å². The molecule has 0 aromatic heterocycles. The normalized spacial score (nSPS) is 12.3. The van der Waals surface area contributed by atoms with Crippen molar-refractivity contribution >= 4 is 28.8 Å². The Balaban J connectivity index is 1.86. The summed E-state index contributed by atoms with van der Waals surface area (Å²) < 4.78 is 0. The molecule has 0 fully saturated rings. The molecule has 0 saturated carbocycles. The van der Waals surface area contributed by atoms with E-state index in [1.165, 1.54) is 0 Å². The zero-order valence-electron chi connectivity index (χ0n) is 13.7. The van der Waals surface area contributed by atoms with Crippen LogP contribution in [0.15, 0.2) is 66.7 Å². The van der Waals surface area contributed by atoms with E-state index in [0.717, 1.165) is 28.2 Å². The fourth-order valence-electron chi connectivity index (χ4n) is 3.09. The molecule has 0 unspecified atom stereocenters. The predicted molar refractivity (Wildman–Crippen MR) is 99.6 cm³/mol. The minimum atomic E-state index is -0.154. The minimum absolute atomic E-state index is 0.0154. The highest BCUT2D eigenvalue weighted by atomic mass is 16.1. The van der Waals surface area contributed by atoms with Gasteiger partial charge in [0, 0.05) is 5.56 Å². The van der Waals surface area contributed by atoms with Crippen LogP contribution in [-0.4, -0.2) is 11.7 Å². The smallest absolute Gasteiger partial charge is 0.257 e. The number of benzene rings is 3. The molecular formula is C21H16N2O2. The number of fused-ring (bicyclic) bond motifs is 2. The van der Waals surface area contributed by atoms with Crippen LogP contribution in [0.25, 0.3) is 11.1 Å². The minimum Gasteiger partial charge on any atom is -0.353 e. The maximum Gasteiger partial charge on any atom is 0.257 e. The lowest BCUT2D eigenvalue weighted by Gasteiger charge is -2.12. The van der Waals surface area contributed by atoms with Crippen molar-refractivity contribution in [3.8, 4) is 11.1 Å². The first-order valence-corrected chi connectivity index (χ1v) is 8.05. The number of nitrogens with one attached hydrogen (secondary N) is 2. The molecule has 3 aromatic rings. The number of rotatable bonds is 2. The summed E-state index contributed by atoms with van der Waals surface area (Å²) >= 11 is 0. The van der Waals surface area contributed by atoms with Gasteiger partial charge < -0.3 is 10.6 Å². The van der Waals surface area contributed by atoms with E-state index in [-0.39, 0.29) is 11.7 Å². The monoisotopic (exact) mass is 328 g/mol. The molecule has 4 nitrogen and oxygen atoms in total. The highest BCUT2D eigenvalue weighted by molar-refractivity contribution is 6.12. The third-order valence-corrected chi connectivity index (χ3v) is 4.33. The summed E-state index contributed by atoms with van der Waals surface area (Å²) in [7, 11) is 0. The molecule has 0 spiro atoms. The fraction of sp³-hybridized carbons (Fsp3) is 0.0476. The van der Waals surface area contributed by atoms with Crippen LogP contribution >= 0.6 is 0 Å². The summed E-state index contributed by atoms with van der Waals surface area (Å²) in [4.78, 5) is 24.4. The maximum atomic E-state index is 12.5. The Kier molecular flexibility index (Phi) is 3.58. The third-order valence-electron chi connectivity index (χ3n) is 4.33. The Bertz CT molecular complexity index is 1010. The number of hydrogen-bond donors (Lipinski definition) is 2. The van der Waals surface area contributed by atoms with Crippen molar-refractivity contribution in [3.05, 3.63) is 77.9 Å². The number of Topliss-reactive ketones (excluding diaryl/α,β-unsaturated/α-hetero) is 1. The molecular weight excluding hydrogens is 312 g/mol. The number of carbonyl (C=O) groups is 2. The topological polar surface area (TPSA) is 58.2 Å². The van der Waals surface area contributed by atoms with Crippen LogP contribution in [0.4, 0.5) is 17.1 Å². The van der Waals surface area contributed by atoms with Gasteiger partial charge in [0.05, 0.1) is 22.6 Å². The fourth-order valence-corrected chi connectivity index (χ4v) is 3.09. The van der Waals surface area contributed by atoms with Gasteiger partial charge in [-0.25, -0.2) is 0 Å². The van der Waals surface area contributed by atoms with E-state index < -0.39 is 0 Å². The molecule has 1 amide bonds. The quantitative estimate of drug-likeness (QED) is 0.660. The largest absolute Gasteiger partial charge is 0.353 e. The zero-order valence-corrected chi connectivity index (χ0v) is 13.7. The second-order valence-electron chi connectivity index (χ2n) is 5.99. The molecule has 3 aromatic carbocycles. The first kappa shape index (κ1) is 15.1. The predicted octanol–water partition coefficient (Wildman–Crippen LogP) is 4.87. The third kappa shape index (κ3) is 2.68. The Labute approximate surface area is 145 Å². The average molecular weight is 328 g/mol. The standard InChI is InChI=1S/C21H16N2O2/c1-13(24)15-6-2-3-7-16(15)14-10-11-17-20(12-14)22-18-8-4-5-9-19(18)23-21(17)25/h2-12,22H,1H3,(H,23,25). The molecule has 0 saturated heterocycles. The van der Waals surface area contributed by atoms with Gasteiger partial charge in [-0.15, -0.1) is 0 Å². The molecule has 4 heteroatoms. The van der Waals surface area contributed by atoms with E-state index in [1.54, 1.807) is 13.0 Å². The lowest BCUT2D eigenvalue weighted by atomic mass is 9.96. The van der Waals surface area contributed by atoms with Crippen LogP contribution in [0.1, 0.15) is 27.6 Å². The summed E-state index contributed by atoms with van der Waals surface area (Å²) in [5, 5.41) is 6.24. The van der Waals surface area contributed by atoms with Gasteiger partial charge in [0.1, 0.15) is 0 Å². The van der Waals surface area contributed by atoms with Gasteiger partial charge in [0.25, 0.3) is 5.91 Å². The first-order chi connectivity index (χ1) is 12.1. The number of hydrogen-bond acceptors (Lipinski definition) is 3. The summed E-state index contributed by atoms with van der Waals surface area (Å²) in [5.74, 6) is -0.138. The van der Waals surface area contributed by atoms with Crippen molar-refractivity contribution in [1.82, 2.24) is 0 Å². The van der Waals surface area contributed by atoms with Crippen LogP contribution in [0, 0.1) is 0 Å². The Hall–Kier alpha value is -3.40. The highest BCUT2D eigenvalue weighted by Gasteiger charge is 2.19. The van der Waals surface area contributed by atoms with Crippen LogP contribution in [-0.2, 0) is 0 Å². The van der Waals surface area contributed by atoms with Crippen LogP contribution in [0.3, 0.4) is 0 Å². The molecule has 0 bridgehead atoms. The first-order valence-electron chi connectivity index (χ1n) is 8.05. The second-order valence-corrected chi connectivity index (χ2v) is 5.99. The second kappa shape index (κ2) is 5.91. The van der Waals surface area contributed by atoms with Gasteiger partial charge in [0.2, 0.25) is 0 Å². The number of amides is 1. The van der Waals surface area contributed by atoms with Gasteiger partial charge in [-0.3, -0.25) is 9.59 Å². The van der Waals surface area contributed by atoms with E-state index in [4.69, 9.17) is 0 Å². The molecule has 0 aliphatic carbocycles. The van der Waals surface area contributed by atoms with Gasteiger partial charge in [-0.1, -0.05) is 42.5 Å². The van der Waals surface area contributed by atoms with E-state index in [2.05, 4.69) is 10.6 Å². The number of ketones is 1. The van der Waals surface area contributed by atoms with Crippen molar-refractivity contribution in [2.45, 2.75) is 6.92 Å². The molecule has 0 atom stereocenters. The van der Waals surface area contributed by atoms with Gasteiger partial charge >= 0.3 is 0 Å². The molecule has 25 heavy (non-hydrogen) atoms. The van der Waals surface area contributed by atoms with Gasteiger partial charge in [-0.2, -0.15) is 0 Å². The Morgan fingerprint density at radius 1 is 0.760 bits per heavy atom. The van der Waals surface area contributed by atoms with Crippen molar-refractivity contribution in [3.63, 3.8) is 0 Å². The molecule has 4 rings (SSSR count). The van der Waals surface area contributed by atoms with Crippen LogP contribution < -0.4 is 10.6 Å². The summed E-state index contributed by atoms with van der Waals surface area (Å²) in [6, 6.07) is 20.6. The number of anilines is 3. The zero-order chi connectivity index (χ0) is 17.4. The van der Waals surface area contributed by atoms with E-state index in [0.29, 0.717) is 11.1 Å². The Morgan fingerprint density at radius 3 is 2.20 bits per heavy atom. The number of para-hydroxylation sites is 2. The lowest BCUT2D eigenvalue weighted by molar-refractivity contribution is 0.101. The molecule has 1 heterocycles. The van der Waals surface area contributed by atoms with E-state index in [1.807, 2.05) is 60.7 Å². The SMILES string of the molecule is CC(=O)c1ccccc1-c1ccc2c(c1)Nc1ccccc1NC2=O. The average Bonchev–Trinajstić information content (AvgIpc) is 2.76. The molecule has 2 N–H and O–H groups in total. The molecule has 0 radical (unpaired) electrons. The van der Waals surface area contributed by atoms with Crippen molar-refractivity contribution in [2.75, 3.05) is 10.6 Å². The Morgan fingerprint density at radius 2 is 1.44 bits per heavy atom. The van der Waals surface area contributed by atoms with Crippen LogP contribution in [0.2, 0.25) is 0 Å². The van der Waals surface area contributed by atoms with Gasteiger partial charge in [-0.05, 0) is 42.3 Å². The van der Waals surface area contributed by atoms with E-state index in [9.17, 15) is 9.59 Å². The summed E-state index contributed by atoms with van der Waals surface area (Å²) in [5.41, 5.74) is 5.29. The maximum absolute atomic E-state index is 12.5. The van der Waals surface area contributed by atoms with Crippen molar-refractivity contribution in [1.29, 1.82) is 0 Å². The van der Waals surface area contributed by atoms with Crippen molar-refractivity contribution in [2.24, 2.45) is 0 Å². The summed E-state index contributed by atoms with van der Waals surface area (Å²) in [6.07, 6.45) is 0. The highest BCUT2D eigenvalue weighted by Crippen LogP contribution is 2.35. The van der Waals surface area contributed by atoms with Crippen LogP contribution in [0.5, 0.6) is 0 Å². The molecule has 1 aliphatic heterocycles.